The third-order valence-corrected chi connectivity index (χ3v) is 2.56. The molecule has 1 atom stereocenters. The van der Waals surface area contributed by atoms with Gasteiger partial charge in [0.15, 0.2) is 0 Å². The van der Waals surface area contributed by atoms with Gasteiger partial charge in [0.1, 0.15) is 0 Å². The molecule has 0 aromatic heterocycles. The fourth-order valence-electron chi connectivity index (χ4n) is 1.68. The van der Waals surface area contributed by atoms with Gasteiger partial charge in [0.25, 0.3) is 0 Å². The summed E-state index contributed by atoms with van der Waals surface area (Å²) < 4.78 is 15.7. The molecule has 4 nitrogen and oxygen atoms in total. The highest BCUT2D eigenvalue weighted by Gasteiger charge is 2.12. The van der Waals surface area contributed by atoms with Crippen molar-refractivity contribution in [1.82, 2.24) is 5.32 Å². The average molecular weight is 254 g/mol. The van der Waals surface area contributed by atoms with Gasteiger partial charge in [0, 0.05) is 13.7 Å². The Balaban J connectivity index is 0.00000225. The molecule has 1 unspecified atom stereocenters. The fraction of sp³-hybridized carbons (Fsp3) is 1.00. The standard InChI is InChI=1S/C11H23NO3.ClH/c1-13-5-6-14-7-8-15-10-11-3-2-4-12-9-11;/h11-12H,2-10H2,1H3;1H. The van der Waals surface area contributed by atoms with E-state index in [0.717, 1.165) is 19.7 Å². The largest absolute Gasteiger partial charge is 0.382 e. The lowest BCUT2D eigenvalue weighted by molar-refractivity contribution is 0.0133. The van der Waals surface area contributed by atoms with E-state index in [1.165, 1.54) is 12.8 Å². The zero-order chi connectivity index (χ0) is 10.8. The molecule has 16 heavy (non-hydrogen) atoms. The highest BCUT2D eigenvalue weighted by molar-refractivity contribution is 5.85. The molecule has 0 amide bonds. The van der Waals surface area contributed by atoms with E-state index in [1.54, 1.807) is 7.11 Å². The fourth-order valence-corrected chi connectivity index (χ4v) is 1.68. The molecule has 98 valence electrons. The Hall–Kier alpha value is 0.130. The van der Waals surface area contributed by atoms with Crippen LogP contribution in [0, 0.1) is 5.92 Å². The summed E-state index contributed by atoms with van der Waals surface area (Å²) in [6.45, 7) is 5.81. The Morgan fingerprint density at radius 2 is 1.88 bits per heavy atom. The minimum Gasteiger partial charge on any atom is -0.382 e. The first-order valence-corrected chi connectivity index (χ1v) is 5.78. The number of piperidine rings is 1. The number of rotatable bonds is 8. The Labute approximate surface area is 104 Å². The predicted molar refractivity (Wildman–Crippen MR) is 66.4 cm³/mol. The Morgan fingerprint density at radius 1 is 1.12 bits per heavy atom. The van der Waals surface area contributed by atoms with Crippen molar-refractivity contribution in [3.05, 3.63) is 0 Å². The second-order valence-corrected chi connectivity index (χ2v) is 3.89. The number of hydrogen-bond donors (Lipinski definition) is 1. The van der Waals surface area contributed by atoms with Crippen molar-refractivity contribution >= 4 is 12.4 Å². The van der Waals surface area contributed by atoms with Crippen molar-refractivity contribution in [2.75, 3.05) is 53.2 Å². The van der Waals surface area contributed by atoms with Crippen LogP contribution in [0.1, 0.15) is 12.8 Å². The Bertz CT molecular complexity index is 143. The third-order valence-electron chi connectivity index (χ3n) is 2.56. The second-order valence-electron chi connectivity index (χ2n) is 3.89. The summed E-state index contributed by atoms with van der Waals surface area (Å²) in [4.78, 5) is 0. The van der Waals surface area contributed by atoms with Gasteiger partial charge in [-0.1, -0.05) is 0 Å². The maximum atomic E-state index is 5.55. The molecule has 1 N–H and O–H groups in total. The van der Waals surface area contributed by atoms with E-state index >= 15 is 0 Å². The van der Waals surface area contributed by atoms with E-state index in [1.807, 2.05) is 0 Å². The van der Waals surface area contributed by atoms with Crippen LogP contribution in [0.25, 0.3) is 0 Å². The number of hydrogen-bond acceptors (Lipinski definition) is 4. The number of methoxy groups -OCH3 is 1. The van der Waals surface area contributed by atoms with Crippen LogP contribution >= 0.6 is 12.4 Å². The van der Waals surface area contributed by atoms with E-state index in [9.17, 15) is 0 Å². The molecule has 0 radical (unpaired) electrons. The molecule has 5 heteroatoms. The summed E-state index contributed by atoms with van der Waals surface area (Å²) in [5, 5.41) is 3.38. The third kappa shape index (κ3) is 8.30. The van der Waals surface area contributed by atoms with Gasteiger partial charge in [-0.25, -0.2) is 0 Å². The lowest BCUT2D eigenvalue weighted by Gasteiger charge is -2.22. The molecule has 1 rings (SSSR count). The van der Waals surface area contributed by atoms with Gasteiger partial charge < -0.3 is 19.5 Å². The highest BCUT2D eigenvalue weighted by Crippen LogP contribution is 2.09. The van der Waals surface area contributed by atoms with Crippen molar-refractivity contribution in [2.45, 2.75) is 12.8 Å². The number of nitrogens with one attached hydrogen (secondary N) is 1. The van der Waals surface area contributed by atoms with Crippen LogP contribution in [0.4, 0.5) is 0 Å². The number of halogens is 1. The zero-order valence-corrected chi connectivity index (χ0v) is 10.9. The molecule has 1 heterocycles. The van der Waals surface area contributed by atoms with Crippen LogP contribution in [-0.4, -0.2) is 53.2 Å². The average Bonchev–Trinajstić information content (AvgIpc) is 2.29. The van der Waals surface area contributed by atoms with E-state index in [4.69, 9.17) is 14.2 Å². The van der Waals surface area contributed by atoms with Crippen molar-refractivity contribution in [2.24, 2.45) is 5.92 Å². The molecule has 1 fully saturated rings. The first kappa shape index (κ1) is 16.1. The summed E-state index contributed by atoms with van der Waals surface area (Å²) in [6.07, 6.45) is 2.57. The predicted octanol–water partition coefficient (Wildman–Crippen LogP) is 1.09. The molecular weight excluding hydrogens is 230 g/mol. The van der Waals surface area contributed by atoms with Gasteiger partial charge >= 0.3 is 0 Å². The SMILES string of the molecule is COCCOCCOCC1CCCNC1.Cl. The van der Waals surface area contributed by atoms with Crippen LogP contribution in [0.5, 0.6) is 0 Å². The quantitative estimate of drug-likeness (QED) is 0.658. The Kier molecular flexibility index (Phi) is 11.7. The van der Waals surface area contributed by atoms with Crippen LogP contribution in [0.3, 0.4) is 0 Å². The van der Waals surface area contributed by atoms with Crippen LogP contribution in [-0.2, 0) is 14.2 Å². The molecule has 1 saturated heterocycles. The molecule has 0 aromatic carbocycles. The first-order chi connectivity index (χ1) is 7.43. The van der Waals surface area contributed by atoms with E-state index in [0.29, 0.717) is 32.3 Å². The first-order valence-electron chi connectivity index (χ1n) is 5.78. The topological polar surface area (TPSA) is 39.7 Å². The lowest BCUT2D eigenvalue weighted by Crippen LogP contribution is -2.32. The van der Waals surface area contributed by atoms with Crippen molar-refractivity contribution in [1.29, 1.82) is 0 Å². The molecule has 1 aliphatic heterocycles. The number of ether oxygens (including phenoxy) is 3. The second kappa shape index (κ2) is 11.6. The Morgan fingerprint density at radius 3 is 2.56 bits per heavy atom. The monoisotopic (exact) mass is 253 g/mol. The molecule has 0 spiro atoms. The summed E-state index contributed by atoms with van der Waals surface area (Å²) >= 11 is 0. The molecule has 0 aromatic rings. The van der Waals surface area contributed by atoms with Crippen LogP contribution in [0.2, 0.25) is 0 Å². The maximum Gasteiger partial charge on any atom is 0.0701 e. The molecule has 0 saturated carbocycles. The summed E-state index contributed by atoms with van der Waals surface area (Å²) in [6, 6.07) is 0. The summed E-state index contributed by atoms with van der Waals surface area (Å²) in [5.74, 6) is 0.692. The minimum absolute atomic E-state index is 0. The highest BCUT2D eigenvalue weighted by atomic mass is 35.5. The summed E-state index contributed by atoms with van der Waals surface area (Å²) in [7, 11) is 1.68. The zero-order valence-electron chi connectivity index (χ0n) is 10.1. The normalized spacial score (nSPS) is 20.4. The maximum absolute atomic E-state index is 5.55. The summed E-state index contributed by atoms with van der Waals surface area (Å²) in [5.41, 5.74) is 0. The lowest BCUT2D eigenvalue weighted by atomic mass is 10.0. The minimum atomic E-state index is 0. The van der Waals surface area contributed by atoms with Gasteiger partial charge in [-0.05, 0) is 25.3 Å². The van der Waals surface area contributed by atoms with Crippen molar-refractivity contribution in [3.8, 4) is 0 Å². The van der Waals surface area contributed by atoms with Crippen molar-refractivity contribution < 1.29 is 14.2 Å². The van der Waals surface area contributed by atoms with E-state index < -0.39 is 0 Å². The van der Waals surface area contributed by atoms with E-state index in [-0.39, 0.29) is 12.4 Å². The van der Waals surface area contributed by atoms with Gasteiger partial charge in [-0.3, -0.25) is 0 Å². The molecular formula is C11H24ClNO3. The van der Waals surface area contributed by atoms with Gasteiger partial charge in [-0.15, -0.1) is 12.4 Å². The van der Waals surface area contributed by atoms with Crippen molar-refractivity contribution in [3.63, 3.8) is 0 Å². The van der Waals surface area contributed by atoms with Crippen LogP contribution < -0.4 is 5.32 Å². The molecule has 0 aliphatic carbocycles. The van der Waals surface area contributed by atoms with Gasteiger partial charge in [-0.2, -0.15) is 0 Å². The smallest absolute Gasteiger partial charge is 0.0701 e. The van der Waals surface area contributed by atoms with Crippen LogP contribution in [0.15, 0.2) is 0 Å². The van der Waals surface area contributed by atoms with Gasteiger partial charge in [0.2, 0.25) is 0 Å². The van der Waals surface area contributed by atoms with Gasteiger partial charge in [0.05, 0.1) is 33.0 Å². The molecule has 0 bridgehead atoms. The molecule has 1 aliphatic rings. The van der Waals surface area contributed by atoms with E-state index in [2.05, 4.69) is 5.32 Å².